The summed E-state index contributed by atoms with van der Waals surface area (Å²) in [5.74, 6) is -0.371. The fourth-order valence-corrected chi connectivity index (χ4v) is 13.6. The fraction of sp³-hybridized carbons (Fsp3) is 0.833. The molecule has 650 valence electrons. The number of Topliss-reactive ketones (excluding diaryl/α,β-unsaturated/α-hetero) is 1. The van der Waals surface area contributed by atoms with Crippen molar-refractivity contribution in [3.8, 4) is 5.75 Å². The Morgan fingerprint density at radius 3 is 1.52 bits per heavy atom. The maximum Gasteiger partial charge on any atom is 0.315 e. The number of carbonyl (C=O) groups excluding carboxylic acids is 6. The number of carbonyl (C=O) groups is 6. The van der Waals surface area contributed by atoms with E-state index < -0.39 is 136 Å². The van der Waals surface area contributed by atoms with Crippen molar-refractivity contribution >= 4 is 47.2 Å². The first-order chi connectivity index (χ1) is 54.9. The van der Waals surface area contributed by atoms with Gasteiger partial charge in [0.2, 0.25) is 11.8 Å². The van der Waals surface area contributed by atoms with Crippen molar-refractivity contribution in [2.75, 3.05) is 217 Å². The van der Waals surface area contributed by atoms with Crippen LogP contribution in [0.5, 0.6) is 5.75 Å². The van der Waals surface area contributed by atoms with Gasteiger partial charge in [0.15, 0.2) is 25.5 Å². The van der Waals surface area contributed by atoms with E-state index in [4.69, 9.17) is 90.0 Å². The smallest absolute Gasteiger partial charge is 0.315 e. The van der Waals surface area contributed by atoms with Gasteiger partial charge in [0.25, 0.3) is 11.8 Å². The molecule has 41 heteroatoms. The van der Waals surface area contributed by atoms with Gasteiger partial charge in [-0.05, 0) is 43.9 Å². The Balaban J connectivity index is 0.642. The van der Waals surface area contributed by atoms with Crippen LogP contribution in [0, 0.1) is 0 Å². The average Bonchev–Trinajstić information content (AvgIpc) is 1.54. The molecule has 40 nitrogen and oxygen atoms in total. The molecular formula is C72H122N6O34S. The van der Waals surface area contributed by atoms with Crippen molar-refractivity contribution in [3.05, 3.63) is 29.8 Å². The number of hydrogen-bond donors (Lipinski definition) is 15. The highest BCUT2D eigenvalue weighted by Crippen LogP contribution is 2.35. The first-order valence-corrected chi connectivity index (χ1v) is 39.7. The molecule has 0 aliphatic carbocycles. The fourth-order valence-electron chi connectivity index (χ4n) is 12.1. The largest absolute Gasteiger partial charge is 0.484 e. The molecule has 6 rings (SSSR count). The predicted octanol–water partition coefficient (Wildman–Crippen LogP) is -5.31. The summed E-state index contributed by atoms with van der Waals surface area (Å²) in [4.78, 5) is 74.0. The van der Waals surface area contributed by atoms with E-state index in [9.17, 15) is 74.7 Å². The van der Waals surface area contributed by atoms with Crippen LogP contribution in [0.15, 0.2) is 24.3 Å². The van der Waals surface area contributed by atoms with E-state index in [1.165, 1.54) is 6.07 Å². The summed E-state index contributed by atoms with van der Waals surface area (Å²) in [7, 11) is 0. The van der Waals surface area contributed by atoms with Gasteiger partial charge in [-0.3, -0.25) is 24.0 Å². The minimum Gasteiger partial charge on any atom is -0.484 e. The van der Waals surface area contributed by atoms with Gasteiger partial charge in [0.05, 0.1) is 197 Å². The molecule has 5 saturated heterocycles. The van der Waals surface area contributed by atoms with E-state index >= 15 is 0 Å². The molecule has 0 spiro atoms. The molecule has 5 heterocycles. The second-order valence-corrected chi connectivity index (χ2v) is 27.9. The number of aliphatic hydroxyl groups is 9. The zero-order chi connectivity index (χ0) is 81.2. The lowest BCUT2D eigenvalue weighted by Gasteiger charge is -2.48. The minimum atomic E-state index is -1.99. The van der Waals surface area contributed by atoms with E-state index in [0.29, 0.717) is 177 Å². The van der Waals surface area contributed by atoms with Crippen LogP contribution in [-0.2, 0) is 104 Å². The van der Waals surface area contributed by atoms with Gasteiger partial charge in [0, 0.05) is 62.4 Å². The number of unbranched alkanes of at least 4 members (excludes halogenated alkanes) is 1. The highest BCUT2D eigenvalue weighted by molar-refractivity contribution is 8.00. The first-order valence-electron chi connectivity index (χ1n) is 38.7. The number of rotatable bonds is 65. The van der Waals surface area contributed by atoms with Crippen molar-refractivity contribution in [2.24, 2.45) is 0 Å². The zero-order valence-electron chi connectivity index (χ0n) is 64.3. The number of amides is 6. The predicted molar refractivity (Wildman–Crippen MR) is 394 cm³/mol. The van der Waals surface area contributed by atoms with Crippen LogP contribution >= 0.6 is 11.8 Å². The Morgan fingerprint density at radius 2 is 0.973 bits per heavy atom. The Kier molecular flexibility index (Phi) is 49.8. The van der Waals surface area contributed by atoms with Crippen molar-refractivity contribution < 1.29 is 165 Å². The molecule has 0 radical (unpaired) electrons. The molecule has 1 aromatic carbocycles. The maximum atomic E-state index is 12.9. The van der Waals surface area contributed by atoms with Crippen molar-refractivity contribution in [2.45, 2.75) is 168 Å². The second-order valence-electron chi connectivity index (χ2n) is 26.7. The van der Waals surface area contributed by atoms with E-state index in [1.54, 1.807) is 18.2 Å². The lowest BCUT2D eigenvalue weighted by molar-refractivity contribution is -0.376. The number of aliphatic hydroxyl groups excluding tert-OH is 9. The van der Waals surface area contributed by atoms with E-state index in [0.717, 1.165) is 31.9 Å². The first kappa shape index (κ1) is 96.9. The topological polar surface area (TPSA) is 532 Å². The number of thioether (sulfide) groups is 1. The molecule has 1 aromatic rings. The SMILES string of the molecule is CC(=O)NC1[C@H](OCCCNC(=O)COc2cccc(C(=O)NCCCC(=O)CCOCCOCCOCCOCCOCCOCCOCCOCCOCCOCCOCCOCCNC(=O)CCCC[C@@H]3SC[C@@H]4NC(=O)N[C@@H]43)c2)OC(CO)[C@@H](O[C@@H]2OC(CO)[C@H](O)[C@H](O[C@H]3OC(CO)[C@H](O)[C@H](O)C3O)C2O)[C@@H]1O. The quantitative estimate of drug-likeness (QED) is 0.0214. The highest BCUT2D eigenvalue weighted by atomic mass is 32.2. The van der Waals surface area contributed by atoms with Crippen LogP contribution in [0.25, 0.3) is 0 Å². The van der Waals surface area contributed by atoms with Crippen LogP contribution in [-0.4, -0.2) is 408 Å². The van der Waals surface area contributed by atoms with E-state index in [2.05, 4.69) is 31.9 Å². The molecule has 0 saturated carbocycles. The number of ketones is 1. The van der Waals surface area contributed by atoms with Crippen LogP contribution in [0.4, 0.5) is 4.79 Å². The summed E-state index contributed by atoms with van der Waals surface area (Å²) in [5.41, 5.74) is 0.267. The average molecular weight is 1650 g/mol. The second kappa shape index (κ2) is 58.1. The summed E-state index contributed by atoms with van der Waals surface area (Å²) < 4.78 is 106. The van der Waals surface area contributed by atoms with Gasteiger partial charge in [0.1, 0.15) is 84.7 Å². The third kappa shape index (κ3) is 37.7. The summed E-state index contributed by atoms with van der Waals surface area (Å²) >= 11 is 1.89. The third-order valence-corrected chi connectivity index (χ3v) is 19.6. The summed E-state index contributed by atoms with van der Waals surface area (Å²) in [6, 6.07) is 5.17. The molecule has 0 aromatic heterocycles. The van der Waals surface area contributed by atoms with Crippen LogP contribution in [0.1, 0.15) is 68.6 Å². The van der Waals surface area contributed by atoms with Gasteiger partial charge < -0.3 is 168 Å². The normalized spacial score (nSPS) is 26.8. The van der Waals surface area contributed by atoms with E-state index in [1.807, 2.05) is 11.8 Å². The molecule has 18 atom stereocenters. The Labute approximate surface area is 661 Å². The van der Waals surface area contributed by atoms with Gasteiger partial charge >= 0.3 is 6.03 Å². The monoisotopic (exact) mass is 1650 g/mol. The summed E-state index contributed by atoms with van der Waals surface area (Å²) in [6.07, 6.45) is -19.6. The molecule has 5 aliphatic rings. The maximum absolute atomic E-state index is 12.9. The van der Waals surface area contributed by atoms with Crippen molar-refractivity contribution in [3.63, 3.8) is 0 Å². The van der Waals surface area contributed by atoms with E-state index in [-0.39, 0.29) is 86.7 Å². The highest BCUT2D eigenvalue weighted by Gasteiger charge is 2.54. The Morgan fingerprint density at radius 1 is 0.478 bits per heavy atom. The molecule has 5 fully saturated rings. The number of fused-ring (bicyclic) bond motifs is 1. The number of ether oxygens (including phenoxy) is 19. The molecule has 5 aliphatic heterocycles. The lowest BCUT2D eigenvalue weighted by Crippen LogP contribution is -2.68. The third-order valence-electron chi connectivity index (χ3n) is 18.1. The molecule has 6 unspecified atom stereocenters. The number of benzene rings is 1. The summed E-state index contributed by atoms with van der Waals surface area (Å²) in [6.45, 7) is 8.78. The van der Waals surface area contributed by atoms with Crippen molar-refractivity contribution in [1.29, 1.82) is 0 Å². The number of hydrogen-bond acceptors (Lipinski definition) is 35. The number of nitrogens with one attached hydrogen (secondary N) is 6. The van der Waals surface area contributed by atoms with Gasteiger partial charge in [-0.25, -0.2) is 4.79 Å². The van der Waals surface area contributed by atoms with Gasteiger partial charge in [-0.2, -0.15) is 11.8 Å². The van der Waals surface area contributed by atoms with Crippen LogP contribution < -0.4 is 36.6 Å². The summed E-state index contributed by atoms with van der Waals surface area (Å²) in [5, 5.41) is 112. The molecule has 15 N–H and O–H groups in total. The standard InChI is InChI=1S/C72H122N6O34S/c1-47(82)76-59-62(88)66(111-71-65(91)67(61(87)53(43-80)109-71)112-70-64(90)63(89)60(86)52(42-79)108-70)54(44-81)110-69(59)106-16-6-14-73-57(85)45-107-50-9-4-7-48(41-50)68(92)75-13-5-8-49(83)12-17-94-19-21-96-23-25-98-27-29-100-31-33-102-35-37-104-39-40-105-38-36-103-34-32-101-30-28-99-26-24-97-22-20-95-18-15-74-56(84)11-3-2-10-55-58-51(46-113-55)77-72(93)78-58/h4,7,9,41,51-55,58-67,69-71,79-81,86-91H,2-3,5-6,8,10-40,42-46H2,1H3,(H,73,85)(H,74,84)(H,75,92)(H,76,82)(H2,77,78,93)/t51-,52?,53?,54?,55-,58-,59?,60-,61-,62+,63-,64?,65?,66+,67-,69+,70+,71-/m0/s1. The molecule has 113 heavy (non-hydrogen) atoms. The molecular weight excluding hydrogens is 1520 g/mol. The minimum absolute atomic E-state index is 0.0196. The number of urea groups is 1. The van der Waals surface area contributed by atoms with Crippen LogP contribution in [0.3, 0.4) is 0 Å². The molecule has 0 bridgehead atoms. The molecule has 6 amide bonds. The van der Waals surface area contributed by atoms with Gasteiger partial charge in [-0.15, -0.1) is 0 Å². The zero-order valence-corrected chi connectivity index (χ0v) is 65.1. The lowest BCUT2D eigenvalue weighted by atomic mass is 9.95. The van der Waals surface area contributed by atoms with Crippen molar-refractivity contribution in [1.82, 2.24) is 31.9 Å². The Bertz CT molecular complexity index is 2770. The Hall–Kier alpha value is -4.89. The van der Waals surface area contributed by atoms with Crippen LogP contribution in [0.2, 0.25) is 0 Å². The van der Waals surface area contributed by atoms with Gasteiger partial charge in [-0.1, -0.05) is 12.5 Å².